The molecule has 0 saturated carbocycles. The fraction of sp³-hybridized carbons (Fsp3) is 0.474. The van der Waals surface area contributed by atoms with Gasteiger partial charge in [0.25, 0.3) is 0 Å². The van der Waals surface area contributed by atoms with Crippen LogP contribution in [0.2, 0.25) is 5.02 Å². The van der Waals surface area contributed by atoms with Crippen LogP contribution in [0.4, 0.5) is 17.3 Å². The van der Waals surface area contributed by atoms with Crippen LogP contribution in [0.15, 0.2) is 24.3 Å². The van der Waals surface area contributed by atoms with Gasteiger partial charge in [-0.05, 0) is 25.1 Å². The fourth-order valence-electron chi connectivity index (χ4n) is 3.53. The normalized spacial score (nSPS) is 18.7. The summed E-state index contributed by atoms with van der Waals surface area (Å²) in [6.45, 7) is 4.94. The van der Waals surface area contributed by atoms with E-state index < -0.39 is 0 Å². The van der Waals surface area contributed by atoms with Gasteiger partial charge in [0.15, 0.2) is 5.79 Å². The van der Waals surface area contributed by atoms with Crippen LogP contribution in [0.5, 0.6) is 5.75 Å². The average molecular weight is 391 g/mol. The molecule has 1 aromatic carbocycles. The SMILES string of the molecule is COc1ccc(Nc2cc(N3CCC4(CC3)OCCO4)nc(C)n2)cc1Cl. The number of aromatic nitrogens is 2. The highest BCUT2D eigenvalue weighted by Crippen LogP contribution is 2.33. The van der Waals surface area contributed by atoms with Crippen LogP contribution < -0.4 is 15.0 Å². The third-order valence-electron chi connectivity index (χ3n) is 4.91. The lowest BCUT2D eigenvalue weighted by molar-refractivity contribution is -0.169. The predicted octanol–water partition coefficient (Wildman–Crippen LogP) is 3.53. The van der Waals surface area contributed by atoms with Gasteiger partial charge in [-0.2, -0.15) is 0 Å². The van der Waals surface area contributed by atoms with Crippen molar-refractivity contribution in [1.29, 1.82) is 0 Å². The molecule has 0 radical (unpaired) electrons. The predicted molar refractivity (Wildman–Crippen MR) is 104 cm³/mol. The Morgan fingerprint density at radius 3 is 2.56 bits per heavy atom. The quantitative estimate of drug-likeness (QED) is 0.856. The minimum Gasteiger partial charge on any atom is -0.495 e. The molecule has 2 saturated heterocycles. The van der Waals surface area contributed by atoms with Gasteiger partial charge in [-0.15, -0.1) is 0 Å². The van der Waals surface area contributed by atoms with E-state index in [1.807, 2.05) is 31.2 Å². The van der Waals surface area contributed by atoms with Crippen LogP contribution in [0.25, 0.3) is 0 Å². The van der Waals surface area contributed by atoms with Crippen molar-refractivity contribution < 1.29 is 14.2 Å². The summed E-state index contributed by atoms with van der Waals surface area (Å²) in [4.78, 5) is 11.3. The van der Waals surface area contributed by atoms with Gasteiger partial charge in [-0.1, -0.05) is 11.6 Å². The molecule has 0 unspecified atom stereocenters. The van der Waals surface area contributed by atoms with E-state index in [-0.39, 0.29) is 5.79 Å². The van der Waals surface area contributed by atoms with E-state index in [4.69, 9.17) is 25.8 Å². The number of methoxy groups -OCH3 is 1. The molecule has 2 aliphatic rings. The summed E-state index contributed by atoms with van der Waals surface area (Å²) in [5.41, 5.74) is 0.843. The number of piperidine rings is 1. The summed E-state index contributed by atoms with van der Waals surface area (Å²) in [5, 5.41) is 3.85. The molecule has 1 spiro atoms. The van der Waals surface area contributed by atoms with Crippen molar-refractivity contribution in [2.45, 2.75) is 25.6 Å². The number of aryl methyl sites for hydroxylation is 1. The monoisotopic (exact) mass is 390 g/mol. The Bertz CT molecular complexity index is 817. The maximum Gasteiger partial charge on any atom is 0.171 e. The zero-order chi connectivity index (χ0) is 18.9. The van der Waals surface area contributed by atoms with E-state index in [1.54, 1.807) is 7.11 Å². The molecule has 0 amide bonds. The second-order valence-electron chi connectivity index (χ2n) is 6.73. The second kappa shape index (κ2) is 7.50. The third kappa shape index (κ3) is 3.95. The largest absolute Gasteiger partial charge is 0.495 e. The summed E-state index contributed by atoms with van der Waals surface area (Å²) < 4.78 is 16.8. The summed E-state index contributed by atoms with van der Waals surface area (Å²) in [7, 11) is 1.60. The van der Waals surface area contributed by atoms with Crippen molar-refractivity contribution in [2.75, 3.05) is 43.6 Å². The van der Waals surface area contributed by atoms with Crippen LogP contribution in [-0.4, -0.2) is 49.2 Å². The number of nitrogens with one attached hydrogen (secondary N) is 1. The van der Waals surface area contributed by atoms with Crippen molar-refractivity contribution in [3.05, 3.63) is 35.1 Å². The molecule has 0 atom stereocenters. The van der Waals surface area contributed by atoms with Crippen LogP contribution in [0.3, 0.4) is 0 Å². The first-order valence-electron chi connectivity index (χ1n) is 9.06. The number of ether oxygens (including phenoxy) is 3. The number of benzene rings is 1. The molecule has 2 fully saturated rings. The highest BCUT2D eigenvalue weighted by Gasteiger charge is 2.40. The molecule has 27 heavy (non-hydrogen) atoms. The Labute approximate surface area is 163 Å². The van der Waals surface area contributed by atoms with Gasteiger partial charge < -0.3 is 24.4 Å². The van der Waals surface area contributed by atoms with E-state index >= 15 is 0 Å². The first-order chi connectivity index (χ1) is 13.1. The Kier molecular flexibility index (Phi) is 5.08. The van der Waals surface area contributed by atoms with E-state index in [1.165, 1.54) is 0 Å². The number of hydrogen-bond donors (Lipinski definition) is 1. The number of rotatable bonds is 4. The Hall–Kier alpha value is -2.09. The van der Waals surface area contributed by atoms with E-state index in [0.717, 1.165) is 43.3 Å². The Morgan fingerprint density at radius 2 is 1.89 bits per heavy atom. The van der Waals surface area contributed by atoms with E-state index in [2.05, 4.69) is 20.2 Å². The van der Waals surface area contributed by atoms with Crippen molar-refractivity contribution in [3.8, 4) is 5.75 Å². The lowest BCUT2D eigenvalue weighted by Gasteiger charge is -2.38. The molecule has 0 bridgehead atoms. The highest BCUT2D eigenvalue weighted by atomic mass is 35.5. The molecule has 2 aliphatic heterocycles. The minimum atomic E-state index is -0.389. The lowest BCUT2D eigenvalue weighted by Crippen LogP contribution is -2.45. The molecule has 0 aliphatic carbocycles. The molecule has 8 heteroatoms. The van der Waals surface area contributed by atoms with Crippen molar-refractivity contribution in [3.63, 3.8) is 0 Å². The molecule has 144 valence electrons. The molecular formula is C19H23ClN4O3. The van der Waals surface area contributed by atoms with Gasteiger partial charge in [-0.3, -0.25) is 0 Å². The zero-order valence-electron chi connectivity index (χ0n) is 15.5. The summed E-state index contributed by atoms with van der Waals surface area (Å²) >= 11 is 6.21. The summed E-state index contributed by atoms with van der Waals surface area (Å²) in [6, 6.07) is 7.50. The number of halogens is 1. The average Bonchev–Trinajstić information content (AvgIpc) is 3.10. The standard InChI is InChI=1S/C19H23ClN4O3/c1-13-21-17(23-14-3-4-16(25-2)15(20)11-14)12-18(22-13)24-7-5-19(6-8-24)26-9-10-27-19/h3-4,11-12H,5-10H2,1-2H3,(H,21,22,23). The molecule has 1 N–H and O–H groups in total. The van der Waals surface area contributed by atoms with Gasteiger partial charge in [0.1, 0.15) is 23.2 Å². The van der Waals surface area contributed by atoms with E-state index in [9.17, 15) is 0 Å². The second-order valence-corrected chi connectivity index (χ2v) is 7.13. The zero-order valence-corrected chi connectivity index (χ0v) is 16.3. The Morgan fingerprint density at radius 1 is 1.15 bits per heavy atom. The van der Waals surface area contributed by atoms with Crippen molar-refractivity contribution in [1.82, 2.24) is 9.97 Å². The van der Waals surface area contributed by atoms with E-state index in [0.29, 0.717) is 29.8 Å². The molecule has 1 aromatic heterocycles. The van der Waals surface area contributed by atoms with Gasteiger partial charge in [0, 0.05) is 37.7 Å². The highest BCUT2D eigenvalue weighted by molar-refractivity contribution is 6.32. The van der Waals surface area contributed by atoms with Crippen LogP contribution >= 0.6 is 11.6 Å². The molecule has 3 heterocycles. The fourth-order valence-corrected chi connectivity index (χ4v) is 3.79. The van der Waals surface area contributed by atoms with Crippen LogP contribution in [0, 0.1) is 6.92 Å². The van der Waals surface area contributed by atoms with Crippen molar-refractivity contribution >= 4 is 28.9 Å². The molecular weight excluding hydrogens is 368 g/mol. The van der Waals surface area contributed by atoms with Crippen molar-refractivity contribution in [2.24, 2.45) is 0 Å². The maximum absolute atomic E-state index is 6.21. The maximum atomic E-state index is 6.21. The molecule has 2 aromatic rings. The van der Waals surface area contributed by atoms with Gasteiger partial charge in [0.05, 0.1) is 25.3 Å². The number of nitrogens with zero attached hydrogens (tertiary/aromatic N) is 3. The lowest BCUT2D eigenvalue weighted by atomic mass is 10.0. The molecule has 7 nitrogen and oxygen atoms in total. The topological polar surface area (TPSA) is 68.7 Å². The van der Waals surface area contributed by atoms with Crippen LogP contribution in [-0.2, 0) is 9.47 Å². The first-order valence-corrected chi connectivity index (χ1v) is 9.44. The Balaban J connectivity index is 1.49. The number of hydrogen-bond acceptors (Lipinski definition) is 7. The summed E-state index contributed by atoms with van der Waals surface area (Å²) in [5.74, 6) is 2.59. The first kappa shape index (κ1) is 18.3. The summed E-state index contributed by atoms with van der Waals surface area (Å²) in [6.07, 6.45) is 1.68. The third-order valence-corrected chi connectivity index (χ3v) is 5.21. The van der Waals surface area contributed by atoms with Gasteiger partial charge in [-0.25, -0.2) is 9.97 Å². The smallest absolute Gasteiger partial charge is 0.171 e. The van der Waals surface area contributed by atoms with Gasteiger partial charge >= 0.3 is 0 Å². The van der Waals surface area contributed by atoms with Crippen LogP contribution in [0.1, 0.15) is 18.7 Å². The van der Waals surface area contributed by atoms with Gasteiger partial charge in [0.2, 0.25) is 0 Å². The number of anilines is 3. The molecule has 4 rings (SSSR count). The minimum absolute atomic E-state index is 0.389.